The molecular weight excluding hydrogens is 338 g/mol. The zero-order valence-electron chi connectivity index (χ0n) is 12.8. The van der Waals surface area contributed by atoms with E-state index in [1.54, 1.807) is 4.90 Å². The van der Waals surface area contributed by atoms with Crippen molar-refractivity contribution in [3.05, 3.63) is 0 Å². The smallest absolute Gasteiger partial charge is 0.279 e. The van der Waals surface area contributed by atoms with Crippen LogP contribution in [0, 0.1) is 5.41 Å². The molecule has 2 rings (SSSR count). The van der Waals surface area contributed by atoms with Gasteiger partial charge in [0.1, 0.15) is 6.04 Å². The third-order valence-corrected chi connectivity index (χ3v) is 4.70. The first-order chi connectivity index (χ1) is 9.90. The van der Waals surface area contributed by atoms with E-state index in [0.717, 1.165) is 12.8 Å². The van der Waals surface area contributed by atoms with Gasteiger partial charge < -0.3 is 9.74 Å². The van der Waals surface area contributed by atoms with Crippen molar-refractivity contribution in [2.45, 2.75) is 46.1 Å². The number of hydrogen-bond donors (Lipinski definition) is 0. The maximum Gasteiger partial charge on any atom is 0.279 e. The molecule has 0 aliphatic carbocycles. The van der Waals surface area contributed by atoms with Crippen LogP contribution in [0.2, 0.25) is 0 Å². The number of hydroxylamine groups is 2. The molecule has 0 bridgehead atoms. The van der Waals surface area contributed by atoms with Gasteiger partial charge in [-0.15, -0.1) is 5.06 Å². The summed E-state index contributed by atoms with van der Waals surface area (Å²) in [5.41, 5.74) is -0.184. The second-order valence-electron chi connectivity index (χ2n) is 6.03. The van der Waals surface area contributed by atoms with Crippen LogP contribution in [0.5, 0.6) is 0 Å². The molecule has 0 aromatic heterocycles. The van der Waals surface area contributed by atoms with Gasteiger partial charge in [0.2, 0.25) is 11.8 Å². The Morgan fingerprint density at radius 1 is 1.48 bits per heavy atom. The average molecular weight is 360 g/mol. The molecule has 0 aromatic rings. The summed E-state index contributed by atoms with van der Waals surface area (Å²) in [6, 6.07) is -0.422. The molecule has 0 unspecified atom stereocenters. The fourth-order valence-corrected chi connectivity index (χ4v) is 2.78. The number of aliphatic imine (C=N–C) groups is 1. The van der Waals surface area contributed by atoms with Crippen LogP contribution in [0.1, 0.15) is 40.0 Å². The highest BCUT2D eigenvalue weighted by Crippen LogP contribution is 2.28. The summed E-state index contributed by atoms with van der Waals surface area (Å²) in [5.74, 6) is 0.363. The van der Waals surface area contributed by atoms with Gasteiger partial charge in [0.05, 0.1) is 5.33 Å². The van der Waals surface area contributed by atoms with Gasteiger partial charge in [-0.05, 0) is 19.3 Å². The van der Waals surface area contributed by atoms with Crippen molar-refractivity contribution >= 4 is 33.6 Å². The Labute approximate surface area is 133 Å². The maximum absolute atomic E-state index is 12.6. The van der Waals surface area contributed by atoms with Crippen LogP contribution in [0.15, 0.2) is 4.99 Å². The average Bonchev–Trinajstić information content (AvgIpc) is 3.14. The summed E-state index contributed by atoms with van der Waals surface area (Å²) in [4.78, 5) is 36.0. The number of rotatable bonds is 4. The van der Waals surface area contributed by atoms with E-state index in [1.165, 1.54) is 5.06 Å². The molecule has 21 heavy (non-hydrogen) atoms. The highest BCUT2D eigenvalue weighted by molar-refractivity contribution is 9.09. The van der Waals surface area contributed by atoms with Crippen LogP contribution in [-0.2, 0) is 14.4 Å². The van der Waals surface area contributed by atoms with Gasteiger partial charge >= 0.3 is 0 Å². The summed E-state index contributed by atoms with van der Waals surface area (Å²) in [5, 5.41) is 1.53. The minimum absolute atomic E-state index is 0.0555. The molecule has 7 heteroatoms. The van der Waals surface area contributed by atoms with Crippen LogP contribution in [-0.4, -0.2) is 52.3 Å². The van der Waals surface area contributed by atoms with Gasteiger partial charge in [0.25, 0.3) is 5.91 Å². The van der Waals surface area contributed by atoms with E-state index in [4.69, 9.17) is 4.84 Å². The van der Waals surface area contributed by atoms with Crippen LogP contribution >= 0.6 is 15.9 Å². The van der Waals surface area contributed by atoms with E-state index in [0.29, 0.717) is 18.9 Å². The first-order valence-electron chi connectivity index (χ1n) is 7.30. The van der Waals surface area contributed by atoms with Crippen molar-refractivity contribution in [2.24, 2.45) is 10.4 Å². The van der Waals surface area contributed by atoms with Gasteiger partial charge in [-0.1, -0.05) is 36.7 Å². The second-order valence-corrected chi connectivity index (χ2v) is 6.59. The molecule has 2 heterocycles. The first-order valence-corrected chi connectivity index (χ1v) is 8.42. The van der Waals surface area contributed by atoms with Crippen LogP contribution in [0.3, 0.4) is 0 Å². The topological polar surface area (TPSA) is 62.2 Å². The third kappa shape index (κ3) is 3.22. The van der Waals surface area contributed by atoms with E-state index in [2.05, 4.69) is 27.8 Å². The van der Waals surface area contributed by atoms with Crippen molar-refractivity contribution in [3.63, 3.8) is 0 Å². The molecule has 1 fully saturated rings. The Bertz CT molecular complexity index is 464. The Morgan fingerprint density at radius 2 is 2.19 bits per heavy atom. The lowest BCUT2D eigenvalue weighted by molar-refractivity contribution is -0.164. The number of alkyl halides is 1. The summed E-state index contributed by atoms with van der Waals surface area (Å²) in [6.07, 6.45) is 2.41. The summed E-state index contributed by atoms with van der Waals surface area (Å²) in [7, 11) is 0. The first kappa shape index (κ1) is 16.3. The molecule has 2 aliphatic heterocycles. The Hall–Kier alpha value is -1.11. The van der Waals surface area contributed by atoms with Crippen molar-refractivity contribution in [1.82, 2.24) is 9.96 Å². The van der Waals surface area contributed by atoms with Gasteiger partial charge in [0.15, 0.2) is 6.67 Å². The van der Waals surface area contributed by atoms with E-state index in [-0.39, 0.29) is 29.2 Å². The lowest BCUT2D eigenvalue weighted by Gasteiger charge is -2.27. The van der Waals surface area contributed by atoms with E-state index >= 15 is 0 Å². The number of halogens is 1. The number of carbonyl (C=O) groups is 2. The van der Waals surface area contributed by atoms with Gasteiger partial charge in [-0.3, -0.25) is 9.59 Å². The van der Waals surface area contributed by atoms with Crippen molar-refractivity contribution in [3.8, 4) is 0 Å². The number of hydrogen-bond acceptors (Lipinski definition) is 4. The van der Waals surface area contributed by atoms with Crippen molar-refractivity contribution in [1.29, 1.82) is 0 Å². The predicted molar refractivity (Wildman–Crippen MR) is 82.8 cm³/mol. The molecular formula is C14H22BrN3O3. The van der Waals surface area contributed by atoms with Gasteiger partial charge in [-0.25, -0.2) is 4.99 Å². The van der Waals surface area contributed by atoms with E-state index in [1.807, 2.05) is 13.8 Å². The lowest BCUT2D eigenvalue weighted by atomic mass is 9.90. The quantitative estimate of drug-likeness (QED) is 0.720. The molecule has 0 saturated carbocycles. The zero-order chi connectivity index (χ0) is 15.6. The number of nitrogens with zero attached hydrogens (tertiary/aromatic N) is 3. The third-order valence-electron chi connectivity index (χ3n) is 4.22. The standard InChI is InChI=1S/C14H22BrN3O3/c1-4-14(2,3)13-16-9-18(21-13)12(20)10-6-5-7-17(10)11(19)8-15/h10H,4-9H2,1-3H3/t10-/m0/s1. The summed E-state index contributed by atoms with van der Waals surface area (Å²) in [6.45, 7) is 6.98. The molecule has 0 spiro atoms. The van der Waals surface area contributed by atoms with Gasteiger partial charge in [0, 0.05) is 12.0 Å². The zero-order valence-corrected chi connectivity index (χ0v) is 14.4. The Kier molecular flexibility index (Phi) is 4.91. The monoisotopic (exact) mass is 359 g/mol. The molecule has 1 saturated heterocycles. The molecule has 6 nitrogen and oxygen atoms in total. The highest BCUT2D eigenvalue weighted by atomic mass is 79.9. The molecule has 2 amide bonds. The molecule has 2 aliphatic rings. The van der Waals surface area contributed by atoms with E-state index in [9.17, 15) is 9.59 Å². The van der Waals surface area contributed by atoms with Crippen molar-refractivity contribution in [2.75, 3.05) is 18.5 Å². The number of amides is 2. The maximum atomic E-state index is 12.6. The fourth-order valence-electron chi connectivity index (χ4n) is 2.46. The molecule has 0 radical (unpaired) electrons. The normalized spacial score (nSPS) is 22.3. The summed E-state index contributed by atoms with van der Waals surface area (Å²) >= 11 is 3.16. The Morgan fingerprint density at radius 3 is 2.81 bits per heavy atom. The summed E-state index contributed by atoms with van der Waals surface area (Å²) < 4.78 is 0. The number of likely N-dealkylation sites (tertiary alicyclic amines) is 1. The largest absolute Gasteiger partial charge is 0.359 e. The molecule has 1 atom stereocenters. The highest BCUT2D eigenvalue weighted by Gasteiger charge is 2.40. The van der Waals surface area contributed by atoms with Crippen molar-refractivity contribution < 1.29 is 14.4 Å². The minimum Gasteiger partial charge on any atom is -0.359 e. The molecule has 118 valence electrons. The van der Waals surface area contributed by atoms with Crippen LogP contribution in [0.25, 0.3) is 0 Å². The van der Waals surface area contributed by atoms with Crippen LogP contribution < -0.4 is 0 Å². The number of carbonyl (C=O) groups excluding carboxylic acids is 2. The molecule has 0 aromatic carbocycles. The Balaban J connectivity index is 2.01. The van der Waals surface area contributed by atoms with E-state index < -0.39 is 6.04 Å². The predicted octanol–water partition coefficient (Wildman–Crippen LogP) is 1.94. The molecule has 0 N–H and O–H groups in total. The fraction of sp³-hybridized carbons (Fsp3) is 0.786. The minimum atomic E-state index is -0.422. The lowest BCUT2D eigenvalue weighted by Crippen LogP contribution is -2.47. The SMILES string of the molecule is CCC(C)(C)C1=NCN(C(=O)[C@@H]2CCCN2C(=O)CBr)O1. The second kappa shape index (κ2) is 6.34. The van der Waals surface area contributed by atoms with Gasteiger partial charge in [-0.2, -0.15) is 0 Å². The van der Waals surface area contributed by atoms with Crippen LogP contribution in [0.4, 0.5) is 0 Å².